The summed E-state index contributed by atoms with van der Waals surface area (Å²) in [7, 11) is 4.04. The fourth-order valence-electron chi connectivity index (χ4n) is 3.12. The lowest BCUT2D eigenvalue weighted by Gasteiger charge is -2.33. The number of nitrogens with zero attached hydrogens (tertiary/aromatic N) is 1. The Balaban J connectivity index is 1.82. The molecule has 1 aliphatic rings. The van der Waals surface area contributed by atoms with Gasteiger partial charge in [-0.25, -0.2) is 13.6 Å². The van der Waals surface area contributed by atoms with E-state index in [2.05, 4.69) is 15.5 Å². The van der Waals surface area contributed by atoms with Crippen LogP contribution in [-0.2, 0) is 0 Å². The van der Waals surface area contributed by atoms with Gasteiger partial charge in [0, 0.05) is 18.6 Å². The van der Waals surface area contributed by atoms with Crippen molar-refractivity contribution >= 4 is 6.03 Å². The van der Waals surface area contributed by atoms with Gasteiger partial charge in [-0.1, -0.05) is 6.07 Å². The molecule has 0 aromatic heterocycles. The summed E-state index contributed by atoms with van der Waals surface area (Å²) >= 11 is 0. The first kappa shape index (κ1) is 18.6. The van der Waals surface area contributed by atoms with Crippen LogP contribution in [0.5, 0.6) is 0 Å². The summed E-state index contributed by atoms with van der Waals surface area (Å²) in [6.07, 6.45) is 2.49. The lowest BCUT2D eigenvalue weighted by Crippen LogP contribution is -2.47. The molecule has 0 aliphatic heterocycles. The molecule has 0 spiro atoms. The van der Waals surface area contributed by atoms with Crippen molar-refractivity contribution in [2.24, 2.45) is 0 Å². The second kappa shape index (κ2) is 8.39. The van der Waals surface area contributed by atoms with Crippen LogP contribution in [0, 0.1) is 11.6 Å². The number of carbonyl (C=O) groups is 1. The number of rotatable bonds is 5. The highest BCUT2D eigenvalue weighted by atomic mass is 19.1. The molecule has 0 heterocycles. The monoisotopic (exact) mass is 341 g/mol. The van der Waals surface area contributed by atoms with Gasteiger partial charge in [0.1, 0.15) is 17.7 Å². The normalized spacial score (nSPS) is 22.2. The maximum Gasteiger partial charge on any atom is 0.315 e. The Bertz CT molecular complexity index is 549. The van der Waals surface area contributed by atoms with Gasteiger partial charge in [-0.3, -0.25) is 0 Å². The largest absolute Gasteiger partial charge is 0.386 e. The van der Waals surface area contributed by atoms with Crippen LogP contribution < -0.4 is 10.6 Å². The number of hydrogen-bond donors (Lipinski definition) is 3. The van der Waals surface area contributed by atoms with Gasteiger partial charge in [-0.2, -0.15) is 0 Å². The van der Waals surface area contributed by atoms with E-state index in [0.29, 0.717) is 6.04 Å². The second-order valence-corrected chi connectivity index (χ2v) is 6.49. The van der Waals surface area contributed by atoms with Gasteiger partial charge in [0.05, 0.1) is 5.56 Å². The maximum absolute atomic E-state index is 13.6. The standard InChI is InChI=1S/C17H25F2N3O2/c1-22(2)12-6-3-5-11(9-12)21-17(24)20-10-15(23)16-13(18)7-4-8-14(16)19/h4,7-8,11-12,15,23H,3,5-6,9-10H2,1-2H3,(H2,20,21,24). The summed E-state index contributed by atoms with van der Waals surface area (Å²) in [6.45, 7) is -0.256. The Labute approximate surface area is 141 Å². The third-order valence-electron chi connectivity index (χ3n) is 4.50. The van der Waals surface area contributed by atoms with Gasteiger partial charge in [0.2, 0.25) is 0 Å². The molecule has 1 aromatic rings. The van der Waals surface area contributed by atoms with Gasteiger partial charge in [0.15, 0.2) is 0 Å². The van der Waals surface area contributed by atoms with E-state index >= 15 is 0 Å². The summed E-state index contributed by atoms with van der Waals surface area (Å²) in [5.74, 6) is -1.66. The SMILES string of the molecule is CN(C)C1CCCC(NC(=O)NCC(O)c2c(F)cccc2F)C1. The van der Waals surface area contributed by atoms with Crippen molar-refractivity contribution in [3.8, 4) is 0 Å². The maximum atomic E-state index is 13.6. The molecule has 3 N–H and O–H groups in total. The Kier molecular flexibility index (Phi) is 6.51. The molecule has 3 atom stereocenters. The van der Waals surface area contributed by atoms with Crippen LogP contribution in [0.15, 0.2) is 18.2 Å². The van der Waals surface area contributed by atoms with E-state index in [1.54, 1.807) is 0 Å². The number of urea groups is 1. The highest BCUT2D eigenvalue weighted by Crippen LogP contribution is 2.22. The summed E-state index contributed by atoms with van der Waals surface area (Å²) in [5, 5.41) is 15.3. The molecule has 5 nitrogen and oxygen atoms in total. The van der Waals surface area contributed by atoms with Gasteiger partial charge >= 0.3 is 6.03 Å². The molecule has 134 valence electrons. The Morgan fingerprint density at radius 3 is 2.62 bits per heavy atom. The first-order chi connectivity index (χ1) is 11.4. The number of carbonyl (C=O) groups excluding carboxylic acids is 1. The molecule has 0 radical (unpaired) electrons. The van der Waals surface area contributed by atoms with Crippen molar-refractivity contribution in [3.05, 3.63) is 35.4 Å². The van der Waals surface area contributed by atoms with Crippen molar-refractivity contribution in [2.45, 2.75) is 43.9 Å². The van der Waals surface area contributed by atoms with Crippen LogP contribution in [0.1, 0.15) is 37.4 Å². The minimum atomic E-state index is -1.43. The van der Waals surface area contributed by atoms with E-state index in [1.807, 2.05) is 14.1 Å². The van der Waals surface area contributed by atoms with Crippen LogP contribution in [-0.4, -0.2) is 48.8 Å². The van der Waals surface area contributed by atoms with Crippen molar-refractivity contribution in [2.75, 3.05) is 20.6 Å². The quantitative estimate of drug-likeness (QED) is 0.769. The van der Waals surface area contributed by atoms with Crippen LogP contribution >= 0.6 is 0 Å². The van der Waals surface area contributed by atoms with E-state index in [0.717, 1.165) is 37.8 Å². The minimum absolute atomic E-state index is 0.0634. The van der Waals surface area contributed by atoms with Crippen molar-refractivity contribution in [1.29, 1.82) is 0 Å². The number of amides is 2. The number of halogens is 2. The summed E-state index contributed by atoms with van der Waals surface area (Å²) in [6, 6.07) is 3.44. The van der Waals surface area contributed by atoms with Crippen LogP contribution in [0.3, 0.4) is 0 Å². The molecule has 1 aliphatic carbocycles. The topological polar surface area (TPSA) is 64.6 Å². The molecule has 7 heteroatoms. The van der Waals surface area contributed by atoms with Crippen LogP contribution in [0.2, 0.25) is 0 Å². The molecule has 1 aromatic carbocycles. The number of aliphatic hydroxyl groups excluding tert-OH is 1. The van der Waals surface area contributed by atoms with Crippen molar-refractivity contribution in [1.82, 2.24) is 15.5 Å². The average Bonchev–Trinajstić information content (AvgIpc) is 2.53. The molecule has 2 rings (SSSR count). The second-order valence-electron chi connectivity index (χ2n) is 6.49. The van der Waals surface area contributed by atoms with E-state index in [9.17, 15) is 18.7 Å². The van der Waals surface area contributed by atoms with Crippen molar-refractivity contribution < 1.29 is 18.7 Å². The van der Waals surface area contributed by atoms with Crippen LogP contribution in [0.4, 0.5) is 13.6 Å². The Hall–Kier alpha value is -1.73. The highest BCUT2D eigenvalue weighted by molar-refractivity contribution is 5.74. The zero-order valence-corrected chi connectivity index (χ0v) is 14.1. The number of hydrogen-bond acceptors (Lipinski definition) is 3. The average molecular weight is 341 g/mol. The minimum Gasteiger partial charge on any atom is -0.386 e. The Morgan fingerprint density at radius 2 is 2.00 bits per heavy atom. The third-order valence-corrected chi connectivity index (χ3v) is 4.50. The zero-order chi connectivity index (χ0) is 17.7. The van der Waals surface area contributed by atoms with E-state index in [-0.39, 0.29) is 12.6 Å². The molecule has 2 amide bonds. The van der Waals surface area contributed by atoms with E-state index in [4.69, 9.17) is 0 Å². The highest BCUT2D eigenvalue weighted by Gasteiger charge is 2.25. The first-order valence-electron chi connectivity index (χ1n) is 8.21. The first-order valence-corrected chi connectivity index (χ1v) is 8.21. The Morgan fingerprint density at radius 1 is 1.33 bits per heavy atom. The summed E-state index contributed by atoms with van der Waals surface area (Å²) < 4.78 is 27.2. The molecule has 0 saturated heterocycles. The predicted molar refractivity (Wildman–Crippen MR) is 87.6 cm³/mol. The van der Waals surface area contributed by atoms with Crippen LogP contribution in [0.25, 0.3) is 0 Å². The van der Waals surface area contributed by atoms with Gasteiger partial charge in [-0.05, 0) is 51.9 Å². The third kappa shape index (κ3) is 4.88. The zero-order valence-electron chi connectivity index (χ0n) is 14.1. The molecule has 0 bridgehead atoms. The lowest BCUT2D eigenvalue weighted by atomic mass is 9.90. The summed E-state index contributed by atoms with van der Waals surface area (Å²) in [4.78, 5) is 14.1. The lowest BCUT2D eigenvalue weighted by molar-refractivity contribution is 0.161. The molecular weight excluding hydrogens is 316 g/mol. The molecule has 24 heavy (non-hydrogen) atoms. The predicted octanol–water partition coefficient (Wildman–Crippen LogP) is 2.17. The fourth-order valence-corrected chi connectivity index (χ4v) is 3.12. The molecule has 3 unspecified atom stereocenters. The van der Waals surface area contributed by atoms with Gasteiger partial charge < -0.3 is 20.6 Å². The number of nitrogens with one attached hydrogen (secondary N) is 2. The molecule has 1 saturated carbocycles. The number of benzene rings is 1. The smallest absolute Gasteiger partial charge is 0.315 e. The van der Waals surface area contributed by atoms with Gasteiger partial charge in [0.25, 0.3) is 0 Å². The number of aliphatic hydroxyl groups is 1. The van der Waals surface area contributed by atoms with Crippen molar-refractivity contribution in [3.63, 3.8) is 0 Å². The molecule has 1 fully saturated rings. The fraction of sp³-hybridized carbons (Fsp3) is 0.588. The molecular formula is C17H25F2N3O2. The van der Waals surface area contributed by atoms with Gasteiger partial charge in [-0.15, -0.1) is 0 Å². The summed E-state index contributed by atoms with van der Waals surface area (Å²) in [5.41, 5.74) is -0.428. The van der Waals surface area contributed by atoms with E-state index < -0.39 is 29.3 Å². The van der Waals surface area contributed by atoms with E-state index in [1.165, 1.54) is 6.07 Å².